The van der Waals surface area contributed by atoms with Gasteiger partial charge in [0, 0.05) is 29.5 Å². The number of rotatable bonds is 2. The standard InChI is InChI=1S/C19H12BrFN6O/c1-26-18-14(9-23-26)17-15(16(24-18)10-5-11(20)8-22-7-10)19(28)27(25-17)13-4-2-3-12(21)6-13/h2-9,25H,1H3. The molecule has 0 amide bonds. The van der Waals surface area contributed by atoms with Crippen molar-refractivity contribution in [3.63, 3.8) is 0 Å². The fourth-order valence-electron chi connectivity index (χ4n) is 3.30. The van der Waals surface area contributed by atoms with Gasteiger partial charge in [0.15, 0.2) is 5.65 Å². The minimum atomic E-state index is -0.427. The normalized spacial score (nSPS) is 11.5. The summed E-state index contributed by atoms with van der Waals surface area (Å²) in [6, 6.07) is 7.69. The number of halogens is 2. The molecule has 7 nitrogen and oxygen atoms in total. The van der Waals surface area contributed by atoms with Gasteiger partial charge in [-0.05, 0) is 40.2 Å². The van der Waals surface area contributed by atoms with Crippen molar-refractivity contribution in [2.45, 2.75) is 0 Å². The smallest absolute Gasteiger partial charge is 0.281 e. The van der Waals surface area contributed by atoms with Gasteiger partial charge in [0.25, 0.3) is 5.56 Å². The number of hydrogen-bond acceptors (Lipinski definition) is 4. The number of aryl methyl sites for hydroxylation is 1. The Morgan fingerprint density at radius 1 is 1.18 bits per heavy atom. The fourth-order valence-corrected chi connectivity index (χ4v) is 3.67. The number of aromatic nitrogens is 6. The van der Waals surface area contributed by atoms with Gasteiger partial charge in [-0.3, -0.25) is 19.6 Å². The van der Waals surface area contributed by atoms with E-state index in [2.05, 4.69) is 31.1 Å². The summed E-state index contributed by atoms with van der Waals surface area (Å²) in [5.74, 6) is -0.427. The molecule has 0 fully saturated rings. The lowest BCUT2D eigenvalue weighted by atomic mass is 10.1. The molecule has 0 atom stereocenters. The molecule has 0 radical (unpaired) electrons. The van der Waals surface area contributed by atoms with Crippen LogP contribution in [0.1, 0.15) is 0 Å². The maximum atomic E-state index is 13.7. The van der Waals surface area contributed by atoms with Crippen LogP contribution in [0.4, 0.5) is 4.39 Å². The molecule has 4 heterocycles. The number of hydrogen-bond donors (Lipinski definition) is 1. The van der Waals surface area contributed by atoms with Crippen LogP contribution in [0.5, 0.6) is 0 Å². The van der Waals surface area contributed by atoms with E-state index in [4.69, 9.17) is 4.98 Å². The first-order chi connectivity index (χ1) is 13.5. The van der Waals surface area contributed by atoms with Gasteiger partial charge in [-0.1, -0.05) is 6.07 Å². The predicted molar refractivity (Wildman–Crippen MR) is 107 cm³/mol. The summed E-state index contributed by atoms with van der Waals surface area (Å²) in [6.07, 6.45) is 4.96. The van der Waals surface area contributed by atoms with Gasteiger partial charge in [-0.2, -0.15) is 5.10 Å². The highest BCUT2D eigenvalue weighted by atomic mass is 79.9. The van der Waals surface area contributed by atoms with Crippen LogP contribution in [0, 0.1) is 5.82 Å². The Bertz CT molecular complexity index is 1430. The maximum absolute atomic E-state index is 13.7. The third-order valence-corrected chi connectivity index (χ3v) is 5.00. The van der Waals surface area contributed by atoms with Crippen molar-refractivity contribution in [3.8, 4) is 16.9 Å². The van der Waals surface area contributed by atoms with E-state index in [9.17, 15) is 9.18 Å². The third-order valence-electron chi connectivity index (χ3n) is 4.57. The Morgan fingerprint density at radius 2 is 2.04 bits per heavy atom. The molecule has 0 aliphatic heterocycles. The molecule has 0 saturated heterocycles. The predicted octanol–water partition coefficient (Wildman–Crippen LogP) is 3.56. The minimum absolute atomic E-state index is 0.325. The number of nitrogens with one attached hydrogen (secondary N) is 1. The van der Waals surface area contributed by atoms with Gasteiger partial charge >= 0.3 is 0 Å². The van der Waals surface area contributed by atoms with Crippen LogP contribution < -0.4 is 5.56 Å². The first-order valence-electron chi connectivity index (χ1n) is 8.36. The molecule has 0 aliphatic rings. The number of H-pyrrole nitrogens is 1. The van der Waals surface area contributed by atoms with Crippen molar-refractivity contribution in [2.75, 3.05) is 0 Å². The zero-order valence-corrected chi connectivity index (χ0v) is 16.1. The van der Waals surface area contributed by atoms with Gasteiger partial charge in [0.05, 0.1) is 33.9 Å². The van der Waals surface area contributed by atoms with Gasteiger partial charge in [-0.15, -0.1) is 0 Å². The van der Waals surface area contributed by atoms with E-state index >= 15 is 0 Å². The summed E-state index contributed by atoms with van der Waals surface area (Å²) < 4.78 is 17.4. The van der Waals surface area contributed by atoms with E-state index in [0.717, 1.165) is 4.47 Å². The summed E-state index contributed by atoms with van der Waals surface area (Å²) in [6.45, 7) is 0. The quantitative estimate of drug-likeness (QED) is 0.456. The molecule has 0 unspecified atom stereocenters. The number of fused-ring (bicyclic) bond motifs is 3. The monoisotopic (exact) mass is 438 g/mol. The molecule has 9 heteroatoms. The van der Waals surface area contributed by atoms with Crippen molar-refractivity contribution in [2.24, 2.45) is 7.05 Å². The Kier molecular flexibility index (Phi) is 3.66. The van der Waals surface area contributed by atoms with Crippen LogP contribution in [0.25, 0.3) is 38.9 Å². The van der Waals surface area contributed by atoms with Crippen molar-refractivity contribution in [1.29, 1.82) is 0 Å². The molecule has 0 bridgehead atoms. The number of pyridine rings is 2. The summed E-state index contributed by atoms with van der Waals surface area (Å²) >= 11 is 3.41. The Morgan fingerprint density at radius 3 is 2.82 bits per heavy atom. The highest BCUT2D eigenvalue weighted by molar-refractivity contribution is 9.10. The Hall–Kier alpha value is -3.33. The second-order valence-electron chi connectivity index (χ2n) is 6.34. The molecule has 5 rings (SSSR count). The molecule has 5 aromatic rings. The van der Waals surface area contributed by atoms with Crippen LogP contribution in [0.3, 0.4) is 0 Å². The first-order valence-corrected chi connectivity index (χ1v) is 9.15. The number of benzene rings is 1. The lowest BCUT2D eigenvalue weighted by molar-refractivity contribution is 0.625. The van der Waals surface area contributed by atoms with Crippen LogP contribution in [0.15, 0.2) is 58.2 Å². The van der Waals surface area contributed by atoms with Gasteiger partial charge in [-0.25, -0.2) is 14.1 Å². The number of aromatic amines is 1. The Balaban J connectivity index is 1.93. The molecule has 138 valence electrons. The minimum Gasteiger partial charge on any atom is -0.289 e. The molecule has 0 aliphatic carbocycles. The Labute approximate surface area is 165 Å². The van der Waals surface area contributed by atoms with Crippen molar-refractivity contribution >= 4 is 37.9 Å². The highest BCUT2D eigenvalue weighted by Crippen LogP contribution is 2.30. The lowest BCUT2D eigenvalue weighted by Crippen LogP contribution is -2.15. The summed E-state index contributed by atoms with van der Waals surface area (Å²) in [5, 5.41) is 8.46. The third kappa shape index (κ3) is 2.47. The van der Waals surface area contributed by atoms with Gasteiger partial charge in [0.1, 0.15) is 5.82 Å². The average molecular weight is 439 g/mol. The van der Waals surface area contributed by atoms with Crippen molar-refractivity contribution < 1.29 is 4.39 Å². The molecule has 1 aromatic carbocycles. The van der Waals surface area contributed by atoms with Gasteiger partial charge in [0.2, 0.25) is 0 Å². The lowest BCUT2D eigenvalue weighted by Gasteiger charge is -2.04. The molecular formula is C19H12BrFN6O. The maximum Gasteiger partial charge on any atom is 0.281 e. The molecule has 1 N–H and O–H groups in total. The van der Waals surface area contributed by atoms with E-state index in [0.29, 0.717) is 38.9 Å². The van der Waals surface area contributed by atoms with E-state index in [1.807, 2.05) is 6.07 Å². The van der Waals surface area contributed by atoms with E-state index in [1.54, 1.807) is 42.5 Å². The average Bonchev–Trinajstić information content (AvgIpc) is 3.22. The largest absolute Gasteiger partial charge is 0.289 e. The van der Waals surface area contributed by atoms with E-state index < -0.39 is 5.82 Å². The first kappa shape index (κ1) is 16.8. The van der Waals surface area contributed by atoms with Gasteiger partial charge < -0.3 is 0 Å². The molecule has 0 saturated carbocycles. The van der Waals surface area contributed by atoms with Crippen LogP contribution >= 0.6 is 15.9 Å². The zero-order chi connectivity index (χ0) is 19.4. The SMILES string of the molecule is Cn1ncc2c3[nH]n(-c4cccc(F)c4)c(=O)c3c(-c3cncc(Br)c3)nc21. The van der Waals surface area contributed by atoms with Crippen molar-refractivity contribution in [3.05, 3.63) is 69.6 Å². The van der Waals surface area contributed by atoms with Crippen molar-refractivity contribution in [1.82, 2.24) is 29.5 Å². The topological polar surface area (TPSA) is 81.4 Å². The summed E-state index contributed by atoms with van der Waals surface area (Å²) in [5.41, 5.74) is 2.45. The second kappa shape index (κ2) is 6.10. The highest BCUT2D eigenvalue weighted by Gasteiger charge is 2.20. The molecule has 28 heavy (non-hydrogen) atoms. The number of nitrogens with zero attached hydrogens (tertiary/aromatic N) is 5. The molecule has 4 aromatic heterocycles. The zero-order valence-electron chi connectivity index (χ0n) is 14.5. The molecular weight excluding hydrogens is 427 g/mol. The van der Waals surface area contributed by atoms with Crippen LogP contribution in [-0.4, -0.2) is 29.5 Å². The van der Waals surface area contributed by atoms with Crippen LogP contribution in [-0.2, 0) is 7.05 Å². The second-order valence-corrected chi connectivity index (χ2v) is 7.26. The van der Waals surface area contributed by atoms with Crippen LogP contribution in [0.2, 0.25) is 0 Å². The molecule has 0 spiro atoms. The van der Waals surface area contributed by atoms with E-state index in [1.165, 1.54) is 16.8 Å². The summed E-state index contributed by atoms with van der Waals surface area (Å²) in [4.78, 5) is 22.2. The summed E-state index contributed by atoms with van der Waals surface area (Å²) in [7, 11) is 1.78. The van der Waals surface area contributed by atoms with E-state index in [-0.39, 0.29) is 5.56 Å². The fraction of sp³-hybridized carbons (Fsp3) is 0.0526.